The molecular formula is C17H28N2. The van der Waals surface area contributed by atoms with Crippen molar-refractivity contribution in [3.05, 3.63) is 29.8 Å². The van der Waals surface area contributed by atoms with Gasteiger partial charge in [-0.15, -0.1) is 0 Å². The lowest BCUT2D eigenvalue weighted by Gasteiger charge is -2.34. The van der Waals surface area contributed by atoms with Crippen LogP contribution in [0.25, 0.3) is 0 Å². The molecule has 0 saturated carbocycles. The van der Waals surface area contributed by atoms with E-state index in [2.05, 4.69) is 62.2 Å². The fraction of sp³-hybridized carbons (Fsp3) is 0.647. The van der Waals surface area contributed by atoms with Crippen molar-refractivity contribution in [2.24, 2.45) is 5.92 Å². The zero-order chi connectivity index (χ0) is 13.9. The first kappa shape index (κ1) is 14.4. The Morgan fingerprint density at radius 2 is 2.00 bits per heavy atom. The highest BCUT2D eigenvalue weighted by atomic mass is 15.1. The number of para-hydroxylation sites is 1. The van der Waals surface area contributed by atoms with E-state index in [9.17, 15) is 0 Å². The predicted molar refractivity (Wildman–Crippen MR) is 83.6 cm³/mol. The first-order chi connectivity index (χ1) is 8.96. The number of nitrogens with zero attached hydrogens (tertiary/aromatic N) is 1. The average Bonchev–Trinajstić information content (AvgIpc) is 2.36. The Balaban J connectivity index is 2.11. The summed E-state index contributed by atoms with van der Waals surface area (Å²) in [7, 11) is 0. The van der Waals surface area contributed by atoms with Crippen LogP contribution in [-0.2, 0) is 6.54 Å². The molecule has 1 heterocycles. The summed E-state index contributed by atoms with van der Waals surface area (Å²) in [4.78, 5) is 2.56. The summed E-state index contributed by atoms with van der Waals surface area (Å²) in [5, 5.41) is 3.60. The topological polar surface area (TPSA) is 15.3 Å². The van der Waals surface area contributed by atoms with Gasteiger partial charge in [0.2, 0.25) is 0 Å². The maximum atomic E-state index is 3.60. The van der Waals surface area contributed by atoms with Crippen molar-refractivity contribution in [2.75, 3.05) is 18.0 Å². The molecule has 1 fully saturated rings. The van der Waals surface area contributed by atoms with Gasteiger partial charge in [-0.2, -0.15) is 0 Å². The van der Waals surface area contributed by atoms with E-state index in [1.807, 2.05) is 0 Å². The Bertz CT molecular complexity index is 406. The summed E-state index contributed by atoms with van der Waals surface area (Å²) < 4.78 is 0. The predicted octanol–water partition coefficient (Wildman–Crippen LogP) is 3.81. The molecular weight excluding hydrogens is 232 g/mol. The van der Waals surface area contributed by atoms with E-state index < -0.39 is 0 Å². The van der Waals surface area contributed by atoms with Crippen molar-refractivity contribution >= 4 is 5.69 Å². The van der Waals surface area contributed by atoms with Crippen LogP contribution in [0.3, 0.4) is 0 Å². The number of hydrogen-bond donors (Lipinski definition) is 1. The van der Waals surface area contributed by atoms with Crippen molar-refractivity contribution in [3.63, 3.8) is 0 Å². The Hall–Kier alpha value is -1.02. The molecule has 2 nitrogen and oxygen atoms in total. The van der Waals surface area contributed by atoms with Gasteiger partial charge in [-0.05, 0) is 51.2 Å². The third kappa shape index (κ3) is 4.24. The maximum absolute atomic E-state index is 3.60. The number of hydrogen-bond acceptors (Lipinski definition) is 2. The smallest absolute Gasteiger partial charge is 0.0411 e. The van der Waals surface area contributed by atoms with Crippen molar-refractivity contribution in [3.8, 4) is 0 Å². The van der Waals surface area contributed by atoms with Crippen LogP contribution >= 0.6 is 0 Å². The molecule has 1 unspecified atom stereocenters. The molecule has 1 atom stereocenters. The van der Waals surface area contributed by atoms with Crippen LogP contribution in [0.5, 0.6) is 0 Å². The fourth-order valence-corrected chi connectivity index (χ4v) is 2.74. The Morgan fingerprint density at radius 3 is 2.68 bits per heavy atom. The van der Waals surface area contributed by atoms with Crippen LogP contribution < -0.4 is 10.2 Å². The average molecular weight is 260 g/mol. The molecule has 2 heteroatoms. The molecule has 1 saturated heterocycles. The molecule has 19 heavy (non-hydrogen) atoms. The third-order valence-electron chi connectivity index (χ3n) is 3.80. The SMILES string of the molecule is CC1CCCN(c2ccccc2CNC(C)(C)C)C1. The second-order valence-electron chi connectivity index (χ2n) is 6.93. The quantitative estimate of drug-likeness (QED) is 0.889. The fourth-order valence-electron chi connectivity index (χ4n) is 2.74. The monoisotopic (exact) mass is 260 g/mol. The van der Waals surface area contributed by atoms with Gasteiger partial charge in [0.15, 0.2) is 0 Å². The number of rotatable bonds is 3. The molecule has 2 rings (SSSR count). The minimum Gasteiger partial charge on any atom is -0.371 e. The summed E-state index contributed by atoms with van der Waals surface area (Å²) in [6, 6.07) is 8.84. The van der Waals surface area contributed by atoms with E-state index in [0.29, 0.717) is 0 Å². The highest BCUT2D eigenvalue weighted by Crippen LogP contribution is 2.26. The van der Waals surface area contributed by atoms with E-state index >= 15 is 0 Å². The van der Waals surface area contributed by atoms with Crippen LogP contribution in [0, 0.1) is 5.92 Å². The van der Waals surface area contributed by atoms with E-state index in [0.717, 1.165) is 12.5 Å². The second-order valence-corrected chi connectivity index (χ2v) is 6.93. The number of piperidine rings is 1. The lowest BCUT2D eigenvalue weighted by molar-refractivity contribution is 0.421. The minimum absolute atomic E-state index is 0.169. The van der Waals surface area contributed by atoms with Crippen LogP contribution in [0.1, 0.15) is 46.1 Å². The van der Waals surface area contributed by atoms with Crippen LogP contribution in [0.2, 0.25) is 0 Å². The van der Waals surface area contributed by atoms with E-state index in [1.165, 1.54) is 37.2 Å². The van der Waals surface area contributed by atoms with E-state index in [4.69, 9.17) is 0 Å². The number of anilines is 1. The standard InChI is InChI=1S/C17H28N2/c1-14-8-7-11-19(13-14)16-10-6-5-9-15(16)12-18-17(2,3)4/h5-6,9-10,14,18H,7-8,11-13H2,1-4H3. The van der Waals surface area contributed by atoms with Gasteiger partial charge in [0, 0.05) is 30.9 Å². The van der Waals surface area contributed by atoms with Gasteiger partial charge in [-0.25, -0.2) is 0 Å². The Kier molecular flexibility index (Phi) is 4.51. The summed E-state index contributed by atoms with van der Waals surface area (Å²) in [6.07, 6.45) is 2.70. The molecule has 1 aliphatic heterocycles. The van der Waals surface area contributed by atoms with Gasteiger partial charge in [0.25, 0.3) is 0 Å². The zero-order valence-corrected chi connectivity index (χ0v) is 12.9. The van der Waals surface area contributed by atoms with Crippen LogP contribution in [0.15, 0.2) is 24.3 Å². The maximum Gasteiger partial charge on any atom is 0.0411 e. The number of nitrogens with one attached hydrogen (secondary N) is 1. The third-order valence-corrected chi connectivity index (χ3v) is 3.80. The highest BCUT2D eigenvalue weighted by Gasteiger charge is 2.19. The summed E-state index contributed by atoms with van der Waals surface area (Å²) in [5.41, 5.74) is 3.01. The molecule has 0 amide bonds. The second kappa shape index (κ2) is 5.96. The van der Waals surface area contributed by atoms with Crippen molar-refractivity contribution in [1.82, 2.24) is 5.32 Å². The molecule has 0 spiro atoms. The molecule has 1 aliphatic rings. The van der Waals surface area contributed by atoms with Gasteiger partial charge in [-0.3, -0.25) is 0 Å². The molecule has 0 aromatic heterocycles. The van der Waals surface area contributed by atoms with Crippen molar-refractivity contribution in [1.29, 1.82) is 0 Å². The normalized spacial score (nSPS) is 20.6. The lowest BCUT2D eigenvalue weighted by atomic mass is 9.98. The zero-order valence-electron chi connectivity index (χ0n) is 12.9. The number of benzene rings is 1. The Morgan fingerprint density at radius 1 is 1.26 bits per heavy atom. The molecule has 1 aromatic carbocycles. The summed E-state index contributed by atoms with van der Waals surface area (Å²) in [5.74, 6) is 0.817. The first-order valence-corrected chi connectivity index (χ1v) is 7.53. The van der Waals surface area contributed by atoms with Gasteiger partial charge in [0.1, 0.15) is 0 Å². The molecule has 1 N–H and O–H groups in total. The molecule has 0 bridgehead atoms. The minimum atomic E-state index is 0.169. The van der Waals surface area contributed by atoms with Crippen molar-refractivity contribution in [2.45, 2.75) is 52.6 Å². The summed E-state index contributed by atoms with van der Waals surface area (Å²) in [6.45, 7) is 12.4. The van der Waals surface area contributed by atoms with E-state index in [1.54, 1.807) is 0 Å². The van der Waals surface area contributed by atoms with Crippen LogP contribution in [-0.4, -0.2) is 18.6 Å². The highest BCUT2D eigenvalue weighted by molar-refractivity contribution is 5.54. The first-order valence-electron chi connectivity index (χ1n) is 7.53. The van der Waals surface area contributed by atoms with Gasteiger partial charge in [-0.1, -0.05) is 25.1 Å². The van der Waals surface area contributed by atoms with Crippen LogP contribution in [0.4, 0.5) is 5.69 Å². The molecule has 0 aliphatic carbocycles. The summed E-state index contributed by atoms with van der Waals surface area (Å²) >= 11 is 0. The largest absolute Gasteiger partial charge is 0.371 e. The lowest BCUT2D eigenvalue weighted by Crippen LogP contribution is -2.37. The van der Waals surface area contributed by atoms with E-state index in [-0.39, 0.29) is 5.54 Å². The molecule has 0 radical (unpaired) electrons. The van der Waals surface area contributed by atoms with Crippen molar-refractivity contribution < 1.29 is 0 Å². The van der Waals surface area contributed by atoms with Gasteiger partial charge in [0.05, 0.1) is 0 Å². The van der Waals surface area contributed by atoms with Gasteiger partial charge < -0.3 is 10.2 Å². The molecule has 1 aromatic rings. The molecule has 106 valence electrons. The Labute approximate surface area is 118 Å². The van der Waals surface area contributed by atoms with Gasteiger partial charge >= 0.3 is 0 Å².